The number of nitrogens with zero attached hydrogens (tertiary/aromatic N) is 1. The van der Waals surface area contributed by atoms with Crippen molar-refractivity contribution in [2.45, 2.75) is 38.1 Å². The summed E-state index contributed by atoms with van der Waals surface area (Å²) in [5.41, 5.74) is 3.39. The largest absolute Gasteiger partial charge is 0.342 e. The summed E-state index contributed by atoms with van der Waals surface area (Å²) >= 11 is 0. The number of carbonyl (C=O) groups is 1. The number of nitrogens with one attached hydrogen (secondary N) is 2. The number of aryl methyl sites for hydroxylation is 1. The minimum atomic E-state index is -3.90. The molecule has 8 heteroatoms. The minimum Gasteiger partial charge on any atom is -0.342 e. The molecule has 0 aliphatic carbocycles. The molecular formula is C19H22N4O3S. The highest BCUT2D eigenvalue weighted by Gasteiger charge is 2.21. The van der Waals surface area contributed by atoms with Crippen LogP contribution in [0.5, 0.6) is 0 Å². The third-order valence-electron chi connectivity index (χ3n) is 4.67. The van der Waals surface area contributed by atoms with Gasteiger partial charge in [-0.3, -0.25) is 4.79 Å². The van der Waals surface area contributed by atoms with Gasteiger partial charge in [0.15, 0.2) is 0 Å². The average molecular weight is 386 g/mol. The van der Waals surface area contributed by atoms with E-state index in [1.165, 1.54) is 12.1 Å². The van der Waals surface area contributed by atoms with E-state index < -0.39 is 10.0 Å². The van der Waals surface area contributed by atoms with Crippen molar-refractivity contribution < 1.29 is 13.2 Å². The van der Waals surface area contributed by atoms with Gasteiger partial charge in [-0.25, -0.2) is 18.5 Å². The molecule has 3 aromatic rings. The van der Waals surface area contributed by atoms with Gasteiger partial charge >= 0.3 is 0 Å². The Morgan fingerprint density at radius 1 is 1.26 bits per heavy atom. The molecule has 1 aromatic heterocycles. The Morgan fingerprint density at radius 3 is 2.59 bits per heavy atom. The van der Waals surface area contributed by atoms with Crippen LogP contribution in [0.3, 0.4) is 0 Å². The van der Waals surface area contributed by atoms with E-state index in [1.807, 2.05) is 31.2 Å². The van der Waals surface area contributed by atoms with Crippen molar-refractivity contribution in [3.8, 4) is 0 Å². The van der Waals surface area contributed by atoms with Crippen molar-refractivity contribution in [1.82, 2.24) is 15.3 Å². The number of imidazole rings is 1. The van der Waals surface area contributed by atoms with E-state index in [-0.39, 0.29) is 22.4 Å². The van der Waals surface area contributed by atoms with Crippen LogP contribution in [-0.2, 0) is 10.0 Å². The molecule has 0 aliphatic heterocycles. The van der Waals surface area contributed by atoms with Crippen LogP contribution < -0.4 is 10.5 Å². The van der Waals surface area contributed by atoms with E-state index >= 15 is 0 Å². The molecule has 3 rings (SSSR count). The quantitative estimate of drug-likeness (QED) is 0.625. The Balaban J connectivity index is 1.94. The number of sulfonamides is 1. The molecule has 142 valence electrons. The lowest BCUT2D eigenvalue weighted by molar-refractivity contribution is 0.0933. The summed E-state index contributed by atoms with van der Waals surface area (Å²) < 4.78 is 23.4. The zero-order chi connectivity index (χ0) is 19.8. The molecule has 0 bridgehead atoms. The van der Waals surface area contributed by atoms with E-state index in [4.69, 9.17) is 5.14 Å². The zero-order valence-corrected chi connectivity index (χ0v) is 16.2. The maximum absolute atomic E-state index is 12.9. The van der Waals surface area contributed by atoms with Crippen LogP contribution in [0.2, 0.25) is 0 Å². The molecule has 1 heterocycles. The Labute approximate surface area is 158 Å². The SMILES string of the molecule is CCC(NC(=O)c1cc(S(N)(=O)=O)cc(C)c1C)c1nc2ccccc2[nH]1. The number of primary sulfonamides is 1. The van der Waals surface area contributed by atoms with Gasteiger partial charge in [0.25, 0.3) is 5.91 Å². The van der Waals surface area contributed by atoms with Crippen LogP contribution in [0, 0.1) is 13.8 Å². The maximum Gasteiger partial charge on any atom is 0.252 e. The summed E-state index contributed by atoms with van der Waals surface area (Å²) in [4.78, 5) is 20.6. The lowest BCUT2D eigenvalue weighted by Crippen LogP contribution is -2.30. The Kier molecular flexibility index (Phi) is 5.03. The molecule has 1 unspecified atom stereocenters. The number of H-pyrrole nitrogens is 1. The van der Waals surface area contributed by atoms with Crippen molar-refractivity contribution in [2.75, 3.05) is 0 Å². The topological polar surface area (TPSA) is 118 Å². The highest BCUT2D eigenvalue weighted by atomic mass is 32.2. The number of benzene rings is 2. The zero-order valence-electron chi connectivity index (χ0n) is 15.4. The second-order valence-corrected chi connectivity index (χ2v) is 8.09. The first-order valence-corrected chi connectivity index (χ1v) is 10.1. The van der Waals surface area contributed by atoms with Gasteiger partial charge in [0.2, 0.25) is 10.0 Å². The monoisotopic (exact) mass is 386 g/mol. The second kappa shape index (κ2) is 7.13. The number of carbonyl (C=O) groups excluding carboxylic acids is 1. The molecule has 0 saturated carbocycles. The van der Waals surface area contributed by atoms with E-state index in [9.17, 15) is 13.2 Å². The highest BCUT2D eigenvalue weighted by Crippen LogP contribution is 2.22. The number of hydrogen-bond donors (Lipinski definition) is 3. The number of fused-ring (bicyclic) bond motifs is 1. The number of amides is 1. The molecule has 7 nitrogen and oxygen atoms in total. The fraction of sp³-hybridized carbons (Fsp3) is 0.263. The Morgan fingerprint density at radius 2 is 1.96 bits per heavy atom. The molecule has 0 aliphatic rings. The summed E-state index contributed by atoms with van der Waals surface area (Å²) in [5, 5.41) is 8.17. The maximum atomic E-state index is 12.9. The summed E-state index contributed by atoms with van der Waals surface area (Å²) in [5.74, 6) is 0.289. The van der Waals surface area contributed by atoms with Crippen LogP contribution in [-0.4, -0.2) is 24.3 Å². The number of nitrogens with two attached hydrogens (primary N) is 1. The van der Waals surface area contributed by atoms with E-state index in [2.05, 4.69) is 15.3 Å². The van der Waals surface area contributed by atoms with Crippen LogP contribution >= 0.6 is 0 Å². The van der Waals surface area contributed by atoms with Crippen molar-refractivity contribution in [2.24, 2.45) is 5.14 Å². The van der Waals surface area contributed by atoms with Crippen LogP contribution in [0.4, 0.5) is 0 Å². The molecule has 4 N–H and O–H groups in total. The fourth-order valence-electron chi connectivity index (χ4n) is 2.96. The molecule has 1 atom stereocenters. The van der Waals surface area contributed by atoms with Gasteiger partial charge < -0.3 is 10.3 Å². The third-order valence-corrected chi connectivity index (χ3v) is 5.56. The lowest BCUT2D eigenvalue weighted by atomic mass is 10.0. The van der Waals surface area contributed by atoms with Crippen LogP contribution in [0.1, 0.15) is 46.7 Å². The van der Waals surface area contributed by atoms with E-state index in [0.29, 0.717) is 23.4 Å². The van der Waals surface area contributed by atoms with E-state index in [1.54, 1.807) is 13.8 Å². The Bertz CT molecular complexity index is 1090. The van der Waals surface area contributed by atoms with Gasteiger partial charge in [-0.05, 0) is 55.7 Å². The minimum absolute atomic E-state index is 0.0764. The fourth-order valence-corrected chi connectivity index (χ4v) is 3.59. The van der Waals surface area contributed by atoms with Gasteiger partial charge in [-0.1, -0.05) is 19.1 Å². The van der Waals surface area contributed by atoms with Crippen molar-refractivity contribution in [3.05, 3.63) is 58.9 Å². The van der Waals surface area contributed by atoms with Crippen molar-refractivity contribution >= 4 is 27.0 Å². The molecule has 2 aromatic carbocycles. The lowest BCUT2D eigenvalue weighted by Gasteiger charge is -2.17. The summed E-state index contributed by atoms with van der Waals surface area (Å²) in [6.07, 6.45) is 0.623. The Hall–Kier alpha value is -2.71. The number of rotatable bonds is 5. The normalized spacial score (nSPS) is 12.9. The molecule has 0 radical (unpaired) electrons. The van der Waals surface area contributed by atoms with Gasteiger partial charge in [0.1, 0.15) is 5.82 Å². The molecule has 27 heavy (non-hydrogen) atoms. The van der Waals surface area contributed by atoms with Gasteiger partial charge in [0, 0.05) is 5.56 Å². The van der Waals surface area contributed by atoms with Crippen LogP contribution in [0.15, 0.2) is 41.3 Å². The predicted octanol–water partition coefficient (Wildman–Crippen LogP) is 2.71. The third kappa shape index (κ3) is 3.86. The number of aromatic amines is 1. The summed E-state index contributed by atoms with van der Waals surface area (Å²) in [6.45, 7) is 5.47. The first kappa shape index (κ1) is 19.1. The standard InChI is InChI=1S/C19H22N4O3S/c1-4-15(18-21-16-7-5-6-8-17(16)22-18)23-19(24)14-10-13(27(20,25)26)9-11(2)12(14)3/h5-10,15H,4H2,1-3H3,(H,21,22)(H,23,24)(H2,20,25,26). The number of aromatic nitrogens is 2. The molecule has 0 fully saturated rings. The molecule has 0 spiro atoms. The van der Waals surface area contributed by atoms with Gasteiger partial charge in [-0.15, -0.1) is 0 Å². The number of para-hydroxylation sites is 2. The van der Waals surface area contributed by atoms with E-state index in [0.717, 1.165) is 11.0 Å². The van der Waals surface area contributed by atoms with Gasteiger partial charge in [0.05, 0.1) is 22.0 Å². The first-order chi connectivity index (χ1) is 12.7. The second-order valence-electron chi connectivity index (χ2n) is 6.53. The van der Waals surface area contributed by atoms with Crippen molar-refractivity contribution in [3.63, 3.8) is 0 Å². The number of hydrogen-bond acceptors (Lipinski definition) is 4. The van der Waals surface area contributed by atoms with Crippen molar-refractivity contribution in [1.29, 1.82) is 0 Å². The molecule has 1 amide bonds. The first-order valence-electron chi connectivity index (χ1n) is 8.60. The summed E-state index contributed by atoms with van der Waals surface area (Å²) in [7, 11) is -3.90. The molecular weight excluding hydrogens is 364 g/mol. The molecule has 0 saturated heterocycles. The van der Waals surface area contributed by atoms with Crippen LogP contribution in [0.25, 0.3) is 11.0 Å². The summed E-state index contributed by atoms with van der Waals surface area (Å²) in [6, 6.07) is 10.1. The van der Waals surface area contributed by atoms with Gasteiger partial charge in [-0.2, -0.15) is 0 Å². The smallest absolute Gasteiger partial charge is 0.252 e. The highest BCUT2D eigenvalue weighted by molar-refractivity contribution is 7.89. The average Bonchev–Trinajstić information content (AvgIpc) is 3.04. The predicted molar refractivity (Wildman–Crippen MR) is 104 cm³/mol.